The van der Waals surface area contributed by atoms with Crippen molar-refractivity contribution in [3.63, 3.8) is 0 Å². The number of allylic oxidation sites excluding steroid dienone is 4. The van der Waals surface area contributed by atoms with Crippen LogP contribution in [0.4, 0.5) is 11.4 Å². The average Bonchev–Trinajstić information content (AvgIpc) is 3.00. The number of halogens is 1. The Bertz CT molecular complexity index is 1880. The molecule has 11 heteroatoms. The average molecular weight is 715 g/mol. The number of Topliss-reactive ketones (excluding diaryl/α,β-unsaturated/α-hetero) is 2. The third-order valence-corrected chi connectivity index (χ3v) is 9.83. The van der Waals surface area contributed by atoms with Crippen LogP contribution in [0.25, 0.3) is 0 Å². The Hall–Kier alpha value is -4.64. The maximum absolute atomic E-state index is 14.3. The van der Waals surface area contributed by atoms with E-state index in [9.17, 15) is 29.8 Å². The van der Waals surface area contributed by atoms with Crippen molar-refractivity contribution >= 4 is 38.9 Å². The molecule has 3 aromatic rings. The highest BCUT2D eigenvalue weighted by Gasteiger charge is 2.49. The molecule has 10 nitrogen and oxygen atoms in total. The fraction of sp³-hybridized carbons (Fsp3) is 0.351. The van der Waals surface area contributed by atoms with E-state index in [4.69, 9.17) is 4.74 Å². The first-order valence-corrected chi connectivity index (χ1v) is 16.7. The Morgan fingerprint density at radius 2 is 1.38 bits per heavy atom. The zero-order valence-electron chi connectivity index (χ0n) is 27.2. The van der Waals surface area contributed by atoms with Gasteiger partial charge < -0.3 is 9.64 Å². The van der Waals surface area contributed by atoms with E-state index in [0.29, 0.717) is 53.4 Å². The highest BCUT2D eigenvalue weighted by atomic mass is 79.9. The van der Waals surface area contributed by atoms with Crippen LogP contribution in [0.1, 0.15) is 70.4 Å². The van der Waals surface area contributed by atoms with Crippen molar-refractivity contribution in [2.45, 2.75) is 65.7 Å². The van der Waals surface area contributed by atoms with Crippen LogP contribution in [0.2, 0.25) is 0 Å². The molecule has 0 N–H and O–H groups in total. The van der Waals surface area contributed by atoms with Gasteiger partial charge in [-0.1, -0.05) is 74.0 Å². The van der Waals surface area contributed by atoms with Gasteiger partial charge in [-0.15, -0.1) is 0 Å². The second-order valence-corrected chi connectivity index (χ2v) is 15.3. The summed E-state index contributed by atoms with van der Waals surface area (Å²) in [6.07, 6.45) is 2.58. The molecular weight excluding hydrogens is 678 g/mol. The Morgan fingerprint density at radius 3 is 1.94 bits per heavy atom. The number of hydrogen-bond acceptors (Lipinski definition) is 8. The van der Waals surface area contributed by atoms with Gasteiger partial charge in [0.25, 0.3) is 5.69 Å². The standard InChI is InChI=1S/C37H36BrN3O7/c1-36(2)18-27-34(29(42)20-36)33(35-28(19-37(3,4)21-30(35)43)39(27)15-14-22-8-6-5-7-9-22)25-16-23(38)10-12-31(25)48-32-13-11-24(40(44)45)17-26(32)41(46)47/h5-13,16-17,33H,14-15,18-21H2,1-4H3. The zero-order chi connectivity index (χ0) is 34.5. The number of hydrogen-bond donors (Lipinski definition) is 0. The van der Waals surface area contributed by atoms with Gasteiger partial charge in [-0.2, -0.15) is 0 Å². The normalized spacial score (nSPS) is 18.8. The SMILES string of the molecule is CC1(C)CC(=O)C2=C(C1)N(CCc1ccccc1)C1=C(C(=O)CC(C)(C)C1)C2c1cc(Br)ccc1Oc1ccc([N+](=O)[O-])cc1[N+](=O)[O-]. The predicted octanol–water partition coefficient (Wildman–Crippen LogP) is 8.99. The minimum absolute atomic E-state index is 0.0487. The summed E-state index contributed by atoms with van der Waals surface area (Å²) in [6, 6.07) is 18.5. The van der Waals surface area contributed by atoms with E-state index in [0.717, 1.165) is 35.5 Å². The number of nitro benzene ring substituents is 2. The molecule has 1 heterocycles. The van der Waals surface area contributed by atoms with Gasteiger partial charge in [0, 0.05) is 63.9 Å². The van der Waals surface area contributed by atoms with Crippen LogP contribution in [-0.2, 0) is 16.0 Å². The van der Waals surface area contributed by atoms with E-state index in [1.807, 2.05) is 18.2 Å². The number of benzene rings is 3. The van der Waals surface area contributed by atoms with Crippen molar-refractivity contribution in [2.75, 3.05) is 6.54 Å². The summed E-state index contributed by atoms with van der Waals surface area (Å²) in [7, 11) is 0. The highest BCUT2D eigenvalue weighted by Crippen LogP contribution is 2.56. The van der Waals surface area contributed by atoms with Crippen LogP contribution in [0, 0.1) is 31.1 Å². The summed E-state index contributed by atoms with van der Waals surface area (Å²) >= 11 is 3.57. The maximum Gasteiger partial charge on any atom is 0.318 e. The lowest BCUT2D eigenvalue weighted by atomic mass is 9.63. The molecule has 0 aromatic heterocycles. The smallest absolute Gasteiger partial charge is 0.318 e. The number of carbonyl (C=O) groups is 2. The van der Waals surface area contributed by atoms with E-state index >= 15 is 0 Å². The largest absolute Gasteiger partial charge is 0.450 e. The molecule has 0 spiro atoms. The van der Waals surface area contributed by atoms with Crippen molar-refractivity contribution in [1.29, 1.82) is 0 Å². The van der Waals surface area contributed by atoms with Gasteiger partial charge in [-0.3, -0.25) is 29.8 Å². The molecule has 0 saturated carbocycles. The Balaban J connectivity index is 1.56. The number of nitrogens with zero attached hydrogens (tertiary/aromatic N) is 3. The first-order valence-electron chi connectivity index (χ1n) is 15.9. The van der Waals surface area contributed by atoms with Crippen LogP contribution < -0.4 is 4.74 Å². The lowest BCUT2D eigenvalue weighted by Gasteiger charge is -2.49. The minimum atomic E-state index is -0.764. The Labute approximate surface area is 286 Å². The van der Waals surface area contributed by atoms with Gasteiger partial charge in [0.15, 0.2) is 11.6 Å². The summed E-state index contributed by atoms with van der Waals surface area (Å²) in [5.41, 5.74) is 2.93. The van der Waals surface area contributed by atoms with Crippen molar-refractivity contribution in [2.24, 2.45) is 10.8 Å². The highest BCUT2D eigenvalue weighted by molar-refractivity contribution is 9.10. The molecular formula is C37H36BrN3O7. The first kappa shape index (κ1) is 33.3. The molecule has 0 unspecified atom stereocenters. The molecule has 248 valence electrons. The second-order valence-electron chi connectivity index (χ2n) is 14.4. The zero-order valence-corrected chi connectivity index (χ0v) is 28.8. The molecule has 48 heavy (non-hydrogen) atoms. The van der Waals surface area contributed by atoms with E-state index in [2.05, 4.69) is 60.7 Å². The molecule has 1 aliphatic heterocycles. The van der Waals surface area contributed by atoms with E-state index in [-0.39, 0.29) is 33.9 Å². The van der Waals surface area contributed by atoms with Crippen LogP contribution in [-0.4, -0.2) is 32.9 Å². The number of ketones is 2. The first-order chi connectivity index (χ1) is 22.6. The fourth-order valence-electron chi connectivity index (χ4n) is 7.32. The lowest BCUT2D eigenvalue weighted by Crippen LogP contribution is -2.45. The lowest BCUT2D eigenvalue weighted by molar-refractivity contribution is -0.394. The summed E-state index contributed by atoms with van der Waals surface area (Å²) in [4.78, 5) is 52.8. The summed E-state index contributed by atoms with van der Waals surface area (Å²) < 4.78 is 6.89. The van der Waals surface area contributed by atoms with E-state index in [1.165, 1.54) is 6.07 Å². The van der Waals surface area contributed by atoms with Crippen molar-refractivity contribution < 1.29 is 24.2 Å². The molecule has 0 fully saturated rings. The van der Waals surface area contributed by atoms with Crippen LogP contribution in [0.15, 0.2) is 93.7 Å². The van der Waals surface area contributed by atoms with Crippen molar-refractivity contribution in [3.05, 3.63) is 125 Å². The third-order valence-electron chi connectivity index (χ3n) is 9.34. The Morgan fingerprint density at radius 1 is 0.792 bits per heavy atom. The minimum Gasteiger partial charge on any atom is -0.450 e. The molecule has 3 aromatic carbocycles. The monoisotopic (exact) mass is 713 g/mol. The number of ether oxygens (including phenoxy) is 1. The molecule has 0 radical (unpaired) electrons. The van der Waals surface area contributed by atoms with Crippen LogP contribution in [0.5, 0.6) is 11.5 Å². The van der Waals surface area contributed by atoms with Gasteiger partial charge >= 0.3 is 5.69 Å². The van der Waals surface area contributed by atoms with E-state index in [1.54, 1.807) is 18.2 Å². The van der Waals surface area contributed by atoms with Gasteiger partial charge in [0.05, 0.1) is 15.9 Å². The summed E-state index contributed by atoms with van der Waals surface area (Å²) in [5.74, 6) is -0.837. The van der Waals surface area contributed by atoms with Gasteiger partial charge in [-0.05, 0) is 59.9 Å². The number of non-ortho nitro benzene ring substituents is 1. The molecule has 0 saturated heterocycles. The van der Waals surface area contributed by atoms with Gasteiger partial charge in [-0.25, -0.2) is 0 Å². The molecule has 0 amide bonds. The van der Waals surface area contributed by atoms with Crippen LogP contribution in [0.3, 0.4) is 0 Å². The molecule has 3 aliphatic rings. The molecule has 0 atom stereocenters. The fourth-order valence-corrected chi connectivity index (χ4v) is 7.70. The topological polar surface area (TPSA) is 133 Å². The maximum atomic E-state index is 14.3. The summed E-state index contributed by atoms with van der Waals surface area (Å²) in [6.45, 7) is 8.93. The molecule has 6 rings (SSSR count). The predicted molar refractivity (Wildman–Crippen MR) is 184 cm³/mol. The number of carbonyl (C=O) groups excluding carboxylic acids is 2. The van der Waals surface area contributed by atoms with Gasteiger partial charge in [0.1, 0.15) is 5.75 Å². The summed E-state index contributed by atoms with van der Waals surface area (Å²) in [5, 5.41) is 23.4. The van der Waals surface area contributed by atoms with Crippen molar-refractivity contribution in [3.8, 4) is 11.5 Å². The number of rotatable bonds is 8. The number of nitro groups is 2. The quantitative estimate of drug-likeness (QED) is 0.167. The molecule has 2 aliphatic carbocycles. The van der Waals surface area contributed by atoms with E-state index < -0.39 is 27.1 Å². The van der Waals surface area contributed by atoms with Crippen molar-refractivity contribution in [1.82, 2.24) is 4.90 Å². The third kappa shape index (κ3) is 6.43. The van der Waals surface area contributed by atoms with Gasteiger partial charge in [0.2, 0.25) is 5.75 Å². The Kier molecular flexibility index (Phi) is 8.61. The second kappa shape index (κ2) is 12.4. The molecule has 0 bridgehead atoms. The van der Waals surface area contributed by atoms with Crippen LogP contribution >= 0.6 is 15.9 Å².